The van der Waals surface area contributed by atoms with Gasteiger partial charge in [0.15, 0.2) is 0 Å². The normalized spacial score (nSPS) is 33.6. The fraction of sp³-hybridized carbons (Fsp3) is 0.923. The smallest absolute Gasteiger partial charge is 0.220 e. The zero-order valence-corrected chi connectivity index (χ0v) is 11.5. The average Bonchev–Trinajstić information content (AvgIpc) is 2.78. The Bertz CT molecular complexity index is 254. The van der Waals surface area contributed by atoms with Gasteiger partial charge in [-0.3, -0.25) is 4.79 Å². The molecule has 98 valence electrons. The SMILES string of the molecule is CSC1CCC(NC(=O)CC2CCCNC2)C1. The van der Waals surface area contributed by atoms with Crippen molar-refractivity contribution in [2.75, 3.05) is 19.3 Å². The van der Waals surface area contributed by atoms with Gasteiger partial charge in [-0.05, 0) is 57.4 Å². The lowest BCUT2D eigenvalue weighted by atomic mass is 9.96. The molecule has 0 aromatic rings. The van der Waals surface area contributed by atoms with Crippen LogP contribution in [0.5, 0.6) is 0 Å². The predicted octanol–water partition coefficient (Wildman–Crippen LogP) is 1.78. The molecule has 0 spiro atoms. The van der Waals surface area contributed by atoms with E-state index in [1.54, 1.807) is 0 Å². The Kier molecular flexibility index (Phi) is 5.16. The molecule has 1 aliphatic heterocycles. The maximum Gasteiger partial charge on any atom is 0.220 e. The third-order valence-corrected chi connectivity index (χ3v) is 5.05. The van der Waals surface area contributed by atoms with Crippen molar-refractivity contribution in [3.05, 3.63) is 0 Å². The van der Waals surface area contributed by atoms with E-state index in [9.17, 15) is 4.79 Å². The molecular weight excluding hydrogens is 232 g/mol. The van der Waals surface area contributed by atoms with Crippen molar-refractivity contribution in [3.8, 4) is 0 Å². The van der Waals surface area contributed by atoms with Gasteiger partial charge in [-0.1, -0.05) is 0 Å². The molecule has 4 heteroatoms. The second-order valence-corrected chi connectivity index (χ2v) is 6.49. The molecule has 0 bridgehead atoms. The van der Waals surface area contributed by atoms with Crippen LogP contribution in [0.2, 0.25) is 0 Å². The molecule has 3 nitrogen and oxygen atoms in total. The first-order valence-electron chi connectivity index (χ1n) is 6.81. The summed E-state index contributed by atoms with van der Waals surface area (Å²) in [6.07, 6.45) is 8.90. The summed E-state index contributed by atoms with van der Waals surface area (Å²) >= 11 is 1.94. The van der Waals surface area contributed by atoms with E-state index >= 15 is 0 Å². The molecule has 0 aromatic heterocycles. The monoisotopic (exact) mass is 256 g/mol. The Hall–Kier alpha value is -0.220. The molecule has 2 N–H and O–H groups in total. The lowest BCUT2D eigenvalue weighted by molar-refractivity contribution is -0.122. The Balaban J connectivity index is 1.66. The number of piperidine rings is 1. The van der Waals surface area contributed by atoms with Crippen LogP contribution in [-0.4, -0.2) is 36.5 Å². The van der Waals surface area contributed by atoms with Crippen molar-refractivity contribution >= 4 is 17.7 Å². The second-order valence-electron chi connectivity index (χ2n) is 5.35. The summed E-state index contributed by atoms with van der Waals surface area (Å²) in [6, 6.07) is 0.441. The maximum atomic E-state index is 11.9. The van der Waals surface area contributed by atoms with Crippen molar-refractivity contribution in [3.63, 3.8) is 0 Å². The third kappa shape index (κ3) is 4.18. The standard InChI is InChI=1S/C13H24N2OS/c1-17-12-5-4-11(8-12)15-13(16)7-10-3-2-6-14-9-10/h10-12,14H,2-9H2,1H3,(H,15,16). The largest absolute Gasteiger partial charge is 0.353 e. The van der Waals surface area contributed by atoms with Gasteiger partial charge in [0.05, 0.1) is 0 Å². The van der Waals surface area contributed by atoms with E-state index in [0.717, 1.165) is 24.8 Å². The number of hydrogen-bond acceptors (Lipinski definition) is 3. The molecule has 2 rings (SSSR count). The Labute approximate surface area is 108 Å². The van der Waals surface area contributed by atoms with E-state index in [0.29, 0.717) is 18.4 Å². The van der Waals surface area contributed by atoms with Gasteiger partial charge in [0.2, 0.25) is 5.91 Å². The van der Waals surface area contributed by atoms with Crippen LogP contribution in [0.3, 0.4) is 0 Å². The van der Waals surface area contributed by atoms with Crippen LogP contribution >= 0.6 is 11.8 Å². The number of nitrogens with one attached hydrogen (secondary N) is 2. The molecule has 3 atom stereocenters. The maximum absolute atomic E-state index is 11.9. The topological polar surface area (TPSA) is 41.1 Å². The summed E-state index contributed by atoms with van der Waals surface area (Å²) in [5, 5.41) is 7.34. The molecule has 0 aromatic carbocycles. The number of carbonyl (C=O) groups is 1. The fourth-order valence-electron chi connectivity index (χ4n) is 2.93. The van der Waals surface area contributed by atoms with Gasteiger partial charge in [0, 0.05) is 17.7 Å². The van der Waals surface area contributed by atoms with Gasteiger partial charge in [-0.25, -0.2) is 0 Å². The van der Waals surface area contributed by atoms with E-state index in [4.69, 9.17) is 0 Å². The lowest BCUT2D eigenvalue weighted by Gasteiger charge is -2.23. The van der Waals surface area contributed by atoms with E-state index in [-0.39, 0.29) is 5.91 Å². The molecule has 1 aliphatic carbocycles. The van der Waals surface area contributed by atoms with Crippen LogP contribution in [0.4, 0.5) is 0 Å². The highest BCUT2D eigenvalue weighted by molar-refractivity contribution is 7.99. The van der Waals surface area contributed by atoms with Gasteiger partial charge >= 0.3 is 0 Å². The van der Waals surface area contributed by atoms with Crippen LogP contribution < -0.4 is 10.6 Å². The van der Waals surface area contributed by atoms with E-state index in [1.165, 1.54) is 25.7 Å². The van der Waals surface area contributed by atoms with E-state index < -0.39 is 0 Å². The van der Waals surface area contributed by atoms with Crippen LogP contribution in [-0.2, 0) is 4.79 Å². The predicted molar refractivity (Wildman–Crippen MR) is 73.3 cm³/mol. The molecule has 2 fully saturated rings. The van der Waals surface area contributed by atoms with Gasteiger partial charge in [0.25, 0.3) is 0 Å². The number of carbonyl (C=O) groups excluding carboxylic acids is 1. The molecule has 1 saturated heterocycles. The lowest BCUT2D eigenvalue weighted by Crippen LogP contribution is -2.37. The molecule has 1 saturated carbocycles. The summed E-state index contributed by atoms with van der Waals surface area (Å²) in [7, 11) is 0. The Morgan fingerprint density at radius 2 is 2.29 bits per heavy atom. The van der Waals surface area contributed by atoms with Crippen molar-refractivity contribution in [2.45, 2.75) is 49.8 Å². The first-order chi connectivity index (χ1) is 8.28. The van der Waals surface area contributed by atoms with Crippen LogP contribution in [0, 0.1) is 5.92 Å². The fourth-order valence-corrected chi connectivity index (χ4v) is 3.73. The summed E-state index contributed by atoms with van der Waals surface area (Å²) < 4.78 is 0. The van der Waals surface area contributed by atoms with Crippen molar-refractivity contribution in [1.82, 2.24) is 10.6 Å². The molecule has 17 heavy (non-hydrogen) atoms. The minimum absolute atomic E-state index is 0.269. The molecule has 1 amide bonds. The number of hydrogen-bond donors (Lipinski definition) is 2. The Morgan fingerprint density at radius 3 is 2.94 bits per heavy atom. The van der Waals surface area contributed by atoms with Crippen LogP contribution in [0.15, 0.2) is 0 Å². The zero-order chi connectivity index (χ0) is 12.1. The van der Waals surface area contributed by atoms with Crippen LogP contribution in [0.25, 0.3) is 0 Å². The third-order valence-electron chi connectivity index (χ3n) is 3.96. The van der Waals surface area contributed by atoms with Crippen molar-refractivity contribution in [1.29, 1.82) is 0 Å². The van der Waals surface area contributed by atoms with Crippen LogP contribution in [0.1, 0.15) is 38.5 Å². The van der Waals surface area contributed by atoms with E-state index in [2.05, 4.69) is 16.9 Å². The highest BCUT2D eigenvalue weighted by atomic mass is 32.2. The van der Waals surface area contributed by atoms with Crippen molar-refractivity contribution in [2.24, 2.45) is 5.92 Å². The molecular formula is C13H24N2OS. The molecule has 0 radical (unpaired) electrons. The van der Waals surface area contributed by atoms with Gasteiger partial charge in [-0.15, -0.1) is 0 Å². The quantitative estimate of drug-likeness (QED) is 0.805. The molecule has 2 aliphatic rings. The highest BCUT2D eigenvalue weighted by Crippen LogP contribution is 2.28. The van der Waals surface area contributed by atoms with Gasteiger partial charge in [-0.2, -0.15) is 11.8 Å². The van der Waals surface area contributed by atoms with Gasteiger partial charge in [0.1, 0.15) is 0 Å². The minimum Gasteiger partial charge on any atom is -0.353 e. The Morgan fingerprint density at radius 1 is 1.41 bits per heavy atom. The minimum atomic E-state index is 0.269. The molecule has 3 unspecified atom stereocenters. The zero-order valence-electron chi connectivity index (χ0n) is 10.7. The average molecular weight is 256 g/mol. The summed E-state index contributed by atoms with van der Waals surface area (Å²) in [6.45, 7) is 2.14. The van der Waals surface area contributed by atoms with Crippen molar-refractivity contribution < 1.29 is 4.79 Å². The highest BCUT2D eigenvalue weighted by Gasteiger charge is 2.26. The summed E-state index contributed by atoms with van der Waals surface area (Å²) in [5.74, 6) is 0.826. The summed E-state index contributed by atoms with van der Waals surface area (Å²) in [5.41, 5.74) is 0. The first-order valence-corrected chi connectivity index (χ1v) is 8.09. The second kappa shape index (κ2) is 6.64. The first kappa shape index (κ1) is 13.2. The number of thioether (sulfide) groups is 1. The molecule has 1 heterocycles. The summed E-state index contributed by atoms with van der Waals surface area (Å²) in [4.78, 5) is 11.9. The number of amides is 1. The van der Waals surface area contributed by atoms with Gasteiger partial charge < -0.3 is 10.6 Å². The van der Waals surface area contributed by atoms with E-state index in [1.807, 2.05) is 11.8 Å². The number of rotatable bonds is 4.